The molecule has 6 nitrogen and oxygen atoms in total. The van der Waals surface area contributed by atoms with Gasteiger partial charge in [-0.3, -0.25) is 0 Å². The van der Waals surface area contributed by atoms with Crippen molar-refractivity contribution < 1.29 is 39.5 Å². The van der Waals surface area contributed by atoms with Crippen molar-refractivity contribution in [1.82, 2.24) is 4.90 Å². The van der Waals surface area contributed by atoms with Crippen molar-refractivity contribution in [3.8, 4) is 0 Å². The largest absolute Gasteiger partial charge is 0.416 e. The van der Waals surface area contributed by atoms with Crippen LogP contribution in [0.15, 0.2) is 27.5 Å². The summed E-state index contributed by atoms with van der Waals surface area (Å²) in [6, 6.07) is 0.00919. The van der Waals surface area contributed by atoms with Crippen molar-refractivity contribution in [2.24, 2.45) is 10.1 Å². The molecular formula is C15H17F6N3O3S. The Balaban J connectivity index is 2.49. The summed E-state index contributed by atoms with van der Waals surface area (Å²) in [5.41, 5.74) is 2.12. The van der Waals surface area contributed by atoms with Crippen molar-refractivity contribution in [2.75, 3.05) is 13.1 Å². The molecule has 0 amide bonds. The molecule has 0 spiro atoms. The Kier molecular flexibility index (Phi) is 5.91. The van der Waals surface area contributed by atoms with E-state index in [2.05, 4.69) is 4.40 Å². The van der Waals surface area contributed by atoms with Gasteiger partial charge in [-0.1, -0.05) is 0 Å². The predicted octanol–water partition coefficient (Wildman–Crippen LogP) is 2.84. The van der Waals surface area contributed by atoms with Crippen molar-refractivity contribution in [3.63, 3.8) is 0 Å². The number of hydrogen-bond donors (Lipinski definition) is 1. The van der Waals surface area contributed by atoms with Gasteiger partial charge in [0, 0.05) is 13.1 Å². The number of sulfonamides is 1. The highest BCUT2D eigenvalue weighted by molar-refractivity contribution is 7.90. The fraction of sp³-hybridized carbons (Fsp3) is 0.533. The molecule has 28 heavy (non-hydrogen) atoms. The van der Waals surface area contributed by atoms with Gasteiger partial charge in [0.1, 0.15) is 0 Å². The van der Waals surface area contributed by atoms with E-state index in [9.17, 15) is 34.8 Å². The van der Waals surface area contributed by atoms with Crippen LogP contribution in [0.5, 0.6) is 0 Å². The number of hydrogen-bond acceptors (Lipinski definition) is 3. The number of halogens is 6. The van der Waals surface area contributed by atoms with E-state index in [-0.39, 0.29) is 43.5 Å². The number of ether oxygens (including phenoxy) is 1. The van der Waals surface area contributed by atoms with Crippen LogP contribution in [0.2, 0.25) is 0 Å². The molecule has 2 N–H and O–H groups in total. The molecule has 1 aromatic carbocycles. The summed E-state index contributed by atoms with van der Waals surface area (Å²) in [6.45, 7) is 3.69. The summed E-state index contributed by atoms with van der Waals surface area (Å²) in [7, 11) is -4.93. The lowest BCUT2D eigenvalue weighted by atomic mass is 10.1. The van der Waals surface area contributed by atoms with Crippen LogP contribution >= 0.6 is 0 Å². The number of nitrogens with zero attached hydrogens (tertiary/aromatic N) is 2. The fourth-order valence-electron chi connectivity index (χ4n) is 2.67. The second-order valence-electron chi connectivity index (χ2n) is 6.33. The number of nitrogens with two attached hydrogens (primary N) is 1. The monoisotopic (exact) mass is 433 g/mol. The van der Waals surface area contributed by atoms with Gasteiger partial charge < -0.3 is 15.4 Å². The second kappa shape index (κ2) is 7.43. The first-order chi connectivity index (χ1) is 12.6. The Bertz CT molecular complexity index is 825. The van der Waals surface area contributed by atoms with E-state index in [0.717, 1.165) is 0 Å². The Morgan fingerprint density at radius 2 is 1.46 bits per heavy atom. The van der Waals surface area contributed by atoms with Crippen LogP contribution in [-0.4, -0.2) is 44.6 Å². The number of morpholine rings is 1. The van der Waals surface area contributed by atoms with Crippen LogP contribution in [0, 0.1) is 0 Å². The lowest BCUT2D eigenvalue weighted by molar-refractivity contribution is -0.143. The summed E-state index contributed by atoms with van der Waals surface area (Å²) in [5, 5.41) is 0. The van der Waals surface area contributed by atoms with Gasteiger partial charge in [-0.05, 0) is 32.0 Å². The van der Waals surface area contributed by atoms with Gasteiger partial charge in [-0.15, -0.1) is 4.40 Å². The zero-order valence-electron chi connectivity index (χ0n) is 14.7. The average molecular weight is 433 g/mol. The molecule has 1 aliphatic rings. The van der Waals surface area contributed by atoms with E-state index in [0.29, 0.717) is 0 Å². The third kappa shape index (κ3) is 5.28. The summed E-state index contributed by atoms with van der Waals surface area (Å²) in [4.78, 5) is 0.0706. The Labute approximate surface area is 157 Å². The average Bonchev–Trinajstić information content (AvgIpc) is 2.51. The van der Waals surface area contributed by atoms with E-state index < -0.39 is 44.4 Å². The smallest absolute Gasteiger partial charge is 0.372 e. The van der Waals surface area contributed by atoms with Crippen LogP contribution in [0.25, 0.3) is 0 Å². The molecular weight excluding hydrogens is 416 g/mol. The van der Waals surface area contributed by atoms with E-state index >= 15 is 0 Å². The Hall–Kier alpha value is -2.02. The fourth-order valence-corrected chi connectivity index (χ4v) is 3.69. The minimum atomic E-state index is -5.18. The van der Waals surface area contributed by atoms with E-state index in [1.165, 1.54) is 4.90 Å². The molecule has 1 fully saturated rings. The SMILES string of the molecule is C[C@H]1CN(C(N)=NS(=O)(=O)c2cc(C(F)(F)F)cc(C(F)(F)F)c2)C[C@H](C)O1. The highest BCUT2D eigenvalue weighted by Crippen LogP contribution is 2.37. The topological polar surface area (TPSA) is 85.0 Å². The molecule has 2 atom stereocenters. The van der Waals surface area contributed by atoms with E-state index in [1.807, 2.05) is 0 Å². The number of guanidine groups is 1. The lowest BCUT2D eigenvalue weighted by Gasteiger charge is -2.35. The normalized spacial score (nSPS) is 22.4. The number of benzene rings is 1. The maximum absolute atomic E-state index is 12.9. The number of rotatable bonds is 2. The molecule has 13 heteroatoms. The van der Waals surface area contributed by atoms with Gasteiger partial charge >= 0.3 is 12.4 Å². The van der Waals surface area contributed by atoms with Gasteiger partial charge in [0.15, 0.2) is 0 Å². The molecule has 0 bridgehead atoms. The molecule has 0 aliphatic carbocycles. The van der Waals surface area contributed by atoms with Gasteiger partial charge in [0.2, 0.25) is 5.96 Å². The first-order valence-corrected chi connectivity index (χ1v) is 9.34. The van der Waals surface area contributed by atoms with Crippen molar-refractivity contribution in [3.05, 3.63) is 29.3 Å². The van der Waals surface area contributed by atoms with Crippen LogP contribution in [0.1, 0.15) is 25.0 Å². The zero-order valence-corrected chi connectivity index (χ0v) is 15.5. The zero-order chi connectivity index (χ0) is 21.5. The maximum Gasteiger partial charge on any atom is 0.416 e. The van der Waals surface area contributed by atoms with Crippen molar-refractivity contribution in [2.45, 2.75) is 43.3 Å². The lowest BCUT2D eigenvalue weighted by Crippen LogP contribution is -2.51. The highest BCUT2D eigenvalue weighted by atomic mass is 32.2. The summed E-state index contributed by atoms with van der Waals surface area (Å²) in [6.07, 6.45) is -11.0. The molecule has 0 saturated carbocycles. The van der Waals surface area contributed by atoms with E-state index in [4.69, 9.17) is 10.5 Å². The molecule has 0 radical (unpaired) electrons. The second-order valence-corrected chi connectivity index (χ2v) is 7.93. The van der Waals surface area contributed by atoms with Gasteiger partial charge in [0.05, 0.1) is 28.2 Å². The Morgan fingerprint density at radius 1 is 1.04 bits per heavy atom. The van der Waals surface area contributed by atoms with Gasteiger partial charge in [-0.2, -0.15) is 34.8 Å². The Morgan fingerprint density at radius 3 is 1.86 bits per heavy atom. The molecule has 1 aromatic rings. The minimum Gasteiger partial charge on any atom is -0.372 e. The van der Waals surface area contributed by atoms with Gasteiger partial charge in [-0.25, -0.2) is 0 Å². The molecule has 1 aliphatic heterocycles. The summed E-state index contributed by atoms with van der Waals surface area (Å²) >= 11 is 0. The third-order valence-corrected chi connectivity index (χ3v) is 5.08. The molecule has 1 heterocycles. The molecule has 0 unspecified atom stereocenters. The first kappa shape index (κ1) is 22.3. The first-order valence-electron chi connectivity index (χ1n) is 7.90. The van der Waals surface area contributed by atoms with Crippen LogP contribution in [-0.2, 0) is 27.1 Å². The van der Waals surface area contributed by atoms with Crippen molar-refractivity contribution >= 4 is 16.0 Å². The van der Waals surface area contributed by atoms with Gasteiger partial charge in [0.25, 0.3) is 10.0 Å². The van der Waals surface area contributed by atoms with E-state index in [1.54, 1.807) is 13.8 Å². The van der Waals surface area contributed by atoms with Crippen LogP contribution in [0.4, 0.5) is 26.3 Å². The van der Waals surface area contributed by atoms with Crippen LogP contribution < -0.4 is 5.73 Å². The molecule has 0 aromatic heterocycles. The van der Waals surface area contributed by atoms with Crippen LogP contribution in [0.3, 0.4) is 0 Å². The predicted molar refractivity (Wildman–Crippen MR) is 86.8 cm³/mol. The molecule has 158 valence electrons. The highest BCUT2D eigenvalue weighted by Gasteiger charge is 2.38. The maximum atomic E-state index is 12.9. The summed E-state index contributed by atoms with van der Waals surface area (Å²) < 4.78 is 111. The summed E-state index contributed by atoms with van der Waals surface area (Å²) in [5.74, 6) is -0.548. The minimum absolute atomic E-state index is 0.0892. The quantitative estimate of drug-likeness (QED) is 0.441. The third-order valence-electron chi connectivity index (χ3n) is 3.82. The molecule has 1 saturated heterocycles. The standard InChI is InChI=1S/C15H17F6N3O3S/c1-8-6-24(7-9(2)27-8)13(22)23-28(25,26)12-4-10(14(16,17)18)3-11(5-12)15(19,20)21/h3-5,8-9H,6-7H2,1-2H3,(H2,22,23)/t8-,9-/m0/s1. The van der Waals surface area contributed by atoms with Crippen molar-refractivity contribution in [1.29, 1.82) is 0 Å². The molecule has 2 rings (SSSR count). The number of alkyl halides is 6.